The summed E-state index contributed by atoms with van der Waals surface area (Å²) in [7, 11) is 1.90. The van der Waals surface area contributed by atoms with E-state index in [1.807, 2.05) is 24.1 Å². The van der Waals surface area contributed by atoms with Crippen LogP contribution in [0, 0.1) is 0 Å². The first-order chi connectivity index (χ1) is 15.5. The number of aromatic amines is 1. The van der Waals surface area contributed by atoms with Gasteiger partial charge in [-0.1, -0.05) is 17.4 Å². The number of anilines is 1. The molecule has 1 saturated heterocycles. The van der Waals surface area contributed by atoms with Gasteiger partial charge in [-0.25, -0.2) is 4.39 Å². The Labute approximate surface area is 185 Å². The van der Waals surface area contributed by atoms with Gasteiger partial charge in [0.2, 0.25) is 0 Å². The predicted molar refractivity (Wildman–Crippen MR) is 118 cm³/mol. The van der Waals surface area contributed by atoms with Crippen molar-refractivity contribution in [3.63, 3.8) is 0 Å². The number of likely N-dealkylation sites (tertiary alicyclic amines) is 1. The average molecular weight is 457 g/mol. The van der Waals surface area contributed by atoms with Crippen LogP contribution in [0.5, 0.6) is 5.75 Å². The molecule has 1 aliphatic rings. The smallest absolute Gasteiger partial charge is 0.290 e. The van der Waals surface area contributed by atoms with E-state index in [9.17, 15) is 9.50 Å². The molecule has 0 aliphatic carbocycles. The summed E-state index contributed by atoms with van der Waals surface area (Å²) < 4.78 is 14.9. The topological polar surface area (TPSA) is 140 Å². The minimum atomic E-state index is -0.931. The molecule has 12 heteroatoms. The number of nitrogens with zero attached hydrogens (tertiary/aromatic N) is 5. The minimum Gasteiger partial charge on any atom is -0.507 e. The summed E-state index contributed by atoms with van der Waals surface area (Å²) in [5.74, 6) is 0.106. The van der Waals surface area contributed by atoms with Gasteiger partial charge in [0, 0.05) is 30.4 Å². The second-order valence-electron chi connectivity index (χ2n) is 7.25. The number of carboxylic acid groups (broad SMARTS) is 1. The van der Waals surface area contributed by atoms with E-state index in [1.54, 1.807) is 24.5 Å². The molecule has 4 N–H and O–H groups in total. The van der Waals surface area contributed by atoms with Crippen molar-refractivity contribution in [1.29, 1.82) is 0 Å². The lowest BCUT2D eigenvalue weighted by Gasteiger charge is -2.12. The highest BCUT2D eigenvalue weighted by Crippen LogP contribution is 2.34. The van der Waals surface area contributed by atoms with Gasteiger partial charge in [0.15, 0.2) is 10.8 Å². The Morgan fingerprint density at radius 2 is 2.09 bits per heavy atom. The molecular weight excluding hydrogens is 437 g/mol. The maximum absolute atomic E-state index is 14.1. The second-order valence-corrected chi connectivity index (χ2v) is 8.28. The van der Waals surface area contributed by atoms with Crippen LogP contribution < -0.4 is 5.32 Å². The average Bonchev–Trinajstić information content (AvgIpc) is 3.49. The largest absolute Gasteiger partial charge is 0.507 e. The normalized spacial score (nSPS) is 18.3. The van der Waals surface area contributed by atoms with Gasteiger partial charge in [-0.05, 0) is 30.8 Å². The van der Waals surface area contributed by atoms with Gasteiger partial charge in [-0.3, -0.25) is 9.89 Å². The van der Waals surface area contributed by atoms with Crippen LogP contribution in [-0.2, 0) is 4.79 Å². The second kappa shape index (κ2) is 9.24. The molecule has 0 saturated carbocycles. The van der Waals surface area contributed by atoms with Gasteiger partial charge in [-0.2, -0.15) is 10.1 Å². The molecule has 4 heterocycles. The molecule has 1 aliphatic heterocycles. The van der Waals surface area contributed by atoms with Crippen LogP contribution in [0.1, 0.15) is 0 Å². The number of likely N-dealkylation sites (N-methyl/N-ethyl adjacent to an activating group) is 1. The van der Waals surface area contributed by atoms with E-state index in [-0.39, 0.29) is 18.3 Å². The number of aromatic nitrogens is 5. The number of hydrogen-bond donors (Lipinski definition) is 4. The van der Waals surface area contributed by atoms with Gasteiger partial charge in [0.05, 0.1) is 22.6 Å². The fraction of sp³-hybridized carbons (Fsp3) is 0.250. The summed E-state index contributed by atoms with van der Waals surface area (Å²) in [6.07, 6.45) is 2.52. The summed E-state index contributed by atoms with van der Waals surface area (Å²) in [5.41, 5.74) is 3.36. The number of rotatable bonds is 4. The summed E-state index contributed by atoms with van der Waals surface area (Å²) in [4.78, 5) is 14.7. The molecule has 5 rings (SSSR count). The molecule has 0 bridgehead atoms. The number of phenolic OH excluding ortho intramolecular Hbond substituents is 1. The summed E-state index contributed by atoms with van der Waals surface area (Å²) in [6, 6.07) is 6.92. The van der Waals surface area contributed by atoms with E-state index < -0.39 is 6.17 Å². The highest BCUT2D eigenvalue weighted by atomic mass is 32.1. The molecule has 3 aromatic heterocycles. The Kier molecular flexibility index (Phi) is 6.23. The molecular formula is C20H20FN7O3S. The van der Waals surface area contributed by atoms with Crippen molar-refractivity contribution >= 4 is 33.3 Å². The summed E-state index contributed by atoms with van der Waals surface area (Å²) >= 11 is 1.40. The Morgan fingerprint density at radius 1 is 1.28 bits per heavy atom. The maximum Gasteiger partial charge on any atom is 0.290 e. The quantitative estimate of drug-likeness (QED) is 0.340. The highest BCUT2D eigenvalue weighted by molar-refractivity contribution is 7.22. The number of nitrogens with one attached hydrogen (secondary N) is 2. The first-order valence-corrected chi connectivity index (χ1v) is 10.4. The molecule has 32 heavy (non-hydrogen) atoms. The first kappa shape index (κ1) is 21.6. The number of aromatic hydroxyl groups is 1. The van der Waals surface area contributed by atoms with E-state index in [4.69, 9.17) is 9.90 Å². The molecule has 2 atom stereocenters. The lowest BCUT2D eigenvalue weighted by Crippen LogP contribution is -2.29. The molecule has 1 fully saturated rings. The van der Waals surface area contributed by atoms with Crippen molar-refractivity contribution in [2.24, 2.45) is 0 Å². The minimum absolute atomic E-state index is 0.106. The monoisotopic (exact) mass is 457 g/mol. The third kappa shape index (κ3) is 4.50. The number of carbonyl (C=O) groups is 1. The van der Waals surface area contributed by atoms with E-state index in [2.05, 4.69) is 30.7 Å². The van der Waals surface area contributed by atoms with Crippen LogP contribution >= 0.6 is 11.3 Å². The first-order valence-electron chi connectivity index (χ1n) is 9.62. The van der Waals surface area contributed by atoms with Gasteiger partial charge in [0.25, 0.3) is 6.47 Å². The molecule has 10 nitrogen and oxygen atoms in total. The predicted octanol–water partition coefficient (Wildman–Crippen LogP) is 2.61. The SMILES string of the molecule is CN1C[C@H](Nc2nc3nnc(-c4ccc(-c5cn[nH]c5)cc4O)cc3s2)[C@@H](F)C1.O=CO. The van der Waals surface area contributed by atoms with Gasteiger partial charge < -0.3 is 20.4 Å². The van der Waals surface area contributed by atoms with Crippen molar-refractivity contribution in [1.82, 2.24) is 30.3 Å². The van der Waals surface area contributed by atoms with E-state index in [1.165, 1.54) is 11.3 Å². The lowest BCUT2D eigenvalue weighted by molar-refractivity contribution is -0.122. The number of fused-ring (bicyclic) bond motifs is 1. The number of halogens is 1. The Morgan fingerprint density at radius 3 is 2.75 bits per heavy atom. The highest BCUT2D eigenvalue weighted by Gasteiger charge is 2.31. The third-order valence-electron chi connectivity index (χ3n) is 5.00. The van der Waals surface area contributed by atoms with Crippen LogP contribution in [0.25, 0.3) is 32.7 Å². The van der Waals surface area contributed by atoms with Crippen LogP contribution in [0.3, 0.4) is 0 Å². The number of thiazole rings is 1. The summed E-state index contributed by atoms with van der Waals surface area (Å²) in [5, 5.41) is 36.2. The zero-order valence-corrected chi connectivity index (χ0v) is 17.8. The molecule has 0 spiro atoms. The number of H-pyrrole nitrogens is 1. The number of phenols is 1. The van der Waals surface area contributed by atoms with Gasteiger partial charge in [0.1, 0.15) is 11.9 Å². The van der Waals surface area contributed by atoms with Crippen molar-refractivity contribution in [2.45, 2.75) is 12.2 Å². The third-order valence-corrected chi connectivity index (χ3v) is 5.92. The number of hydrogen-bond acceptors (Lipinski definition) is 9. The molecule has 0 radical (unpaired) electrons. The van der Waals surface area contributed by atoms with Crippen LogP contribution in [0.2, 0.25) is 0 Å². The Bertz CT molecular complexity index is 1220. The zero-order chi connectivity index (χ0) is 22.7. The van der Waals surface area contributed by atoms with Crippen molar-refractivity contribution in [3.05, 3.63) is 36.7 Å². The number of alkyl halides is 1. The van der Waals surface area contributed by atoms with E-state index in [0.29, 0.717) is 35.1 Å². The van der Waals surface area contributed by atoms with E-state index >= 15 is 0 Å². The summed E-state index contributed by atoms with van der Waals surface area (Å²) in [6.45, 7) is 0.797. The van der Waals surface area contributed by atoms with Crippen molar-refractivity contribution < 1.29 is 19.4 Å². The van der Waals surface area contributed by atoms with Gasteiger partial charge in [-0.15, -0.1) is 10.2 Å². The fourth-order valence-electron chi connectivity index (χ4n) is 3.52. The van der Waals surface area contributed by atoms with E-state index in [0.717, 1.165) is 15.8 Å². The van der Waals surface area contributed by atoms with Crippen molar-refractivity contribution in [2.75, 3.05) is 25.5 Å². The maximum atomic E-state index is 14.1. The Balaban J connectivity index is 0.000000775. The van der Waals surface area contributed by atoms with Crippen LogP contribution in [0.4, 0.5) is 9.52 Å². The zero-order valence-electron chi connectivity index (χ0n) is 16.9. The van der Waals surface area contributed by atoms with Crippen LogP contribution in [0.15, 0.2) is 36.7 Å². The number of benzene rings is 1. The van der Waals surface area contributed by atoms with Crippen molar-refractivity contribution in [3.8, 4) is 28.1 Å². The molecule has 1 aromatic carbocycles. The van der Waals surface area contributed by atoms with Gasteiger partial charge >= 0.3 is 0 Å². The molecule has 166 valence electrons. The molecule has 0 amide bonds. The molecule has 0 unspecified atom stereocenters. The molecule has 4 aromatic rings. The standard InChI is InChI=1S/C19H18FN7OS.CH2O2/c1-27-8-13(20)15(9-27)23-19-24-18-17(29-19)5-14(25-26-18)12-3-2-10(4-16(12)28)11-6-21-22-7-11;2-1-3/h2-7,13,15,28H,8-9H2,1H3,(H,21,22)(H,23,24,26);1H,(H,2,3)/t13-,15-;/m0./s1. The lowest BCUT2D eigenvalue weighted by atomic mass is 10.0. The van der Waals surface area contributed by atoms with Crippen LogP contribution in [-0.4, -0.2) is 79.3 Å². The Hall–Kier alpha value is -3.64. The fourth-order valence-corrected chi connectivity index (χ4v) is 4.42.